The van der Waals surface area contributed by atoms with Crippen LogP contribution in [-0.2, 0) is 0 Å². The van der Waals surface area contributed by atoms with Crippen LogP contribution in [0.4, 0.5) is 5.69 Å². The molecule has 1 aliphatic heterocycles. The minimum absolute atomic E-state index is 0.0804. The van der Waals surface area contributed by atoms with Crippen LogP contribution in [0.15, 0.2) is 84.4 Å². The molecule has 8 nitrogen and oxygen atoms in total. The van der Waals surface area contributed by atoms with Crippen molar-refractivity contribution in [3.63, 3.8) is 0 Å². The maximum absolute atomic E-state index is 13.8. The average molecular weight is 435 g/mol. The molecule has 0 saturated heterocycles. The van der Waals surface area contributed by atoms with Crippen molar-refractivity contribution < 1.29 is 9.72 Å². The monoisotopic (exact) mass is 435 g/mol. The summed E-state index contributed by atoms with van der Waals surface area (Å²) < 4.78 is 1.67. The largest absolute Gasteiger partial charge is 0.384 e. The van der Waals surface area contributed by atoms with E-state index in [2.05, 4.69) is 6.07 Å². The second kappa shape index (κ2) is 7.73. The summed E-state index contributed by atoms with van der Waals surface area (Å²) in [7, 11) is 0. The third-order valence-electron chi connectivity index (χ3n) is 5.95. The van der Waals surface area contributed by atoms with Crippen LogP contribution in [0.5, 0.6) is 0 Å². The molecule has 0 radical (unpaired) electrons. The number of nitriles is 1. The number of non-ortho nitro benzene ring substituents is 1. The van der Waals surface area contributed by atoms with E-state index in [0.717, 1.165) is 0 Å². The molecule has 2 atom stereocenters. The van der Waals surface area contributed by atoms with Gasteiger partial charge in [0.15, 0.2) is 5.78 Å². The van der Waals surface area contributed by atoms with Gasteiger partial charge < -0.3 is 5.73 Å². The van der Waals surface area contributed by atoms with Gasteiger partial charge in [-0.05, 0) is 17.7 Å². The quantitative estimate of drug-likeness (QED) is 0.288. The Morgan fingerprint density at radius 3 is 2.36 bits per heavy atom. The first-order valence-electron chi connectivity index (χ1n) is 10.2. The lowest BCUT2D eigenvalue weighted by molar-refractivity contribution is -0.384. The summed E-state index contributed by atoms with van der Waals surface area (Å²) >= 11 is 0. The number of carbonyl (C=O) groups excluding carboxylic acids is 1. The molecule has 3 aromatic carbocycles. The zero-order valence-corrected chi connectivity index (χ0v) is 17.3. The molecular formula is C25H17N5O3. The summed E-state index contributed by atoms with van der Waals surface area (Å²) in [5, 5.41) is 21.2. The van der Waals surface area contributed by atoms with Crippen molar-refractivity contribution in [3.8, 4) is 6.07 Å². The molecule has 1 aromatic heterocycles. The molecule has 0 fully saturated rings. The van der Waals surface area contributed by atoms with Gasteiger partial charge in [-0.15, -0.1) is 0 Å². The van der Waals surface area contributed by atoms with E-state index in [1.54, 1.807) is 41.0 Å². The van der Waals surface area contributed by atoms with Gasteiger partial charge in [0.05, 0.1) is 33.5 Å². The van der Waals surface area contributed by atoms with Crippen LogP contribution >= 0.6 is 0 Å². The Morgan fingerprint density at radius 2 is 1.70 bits per heavy atom. The lowest BCUT2D eigenvalue weighted by atomic mass is 9.75. The normalized spacial score (nSPS) is 17.4. The van der Waals surface area contributed by atoms with E-state index in [1.165, 1.54) is 12.1 Å². The summed E-state index contributed by atoms with van der Waals surface area (Å²) in [6.07, 6.45) is 0. The number of allylic oxidation sites excluding steroid dienone is 1. The van der Waals surface area contributed by atoms with Crippen LogP contribution in [-0.4, -0.2) is 20.3 Å². The second-order valence-corrected chi connectivity index (χ2v) is 7.74. The molecule has 0 spiro atoms. The van der Waals surface area contributed by atoms with Gasteiger partial charge in [-0.2, -0.15) is 5.26 Å². The van der Waals surface area contributed by atoms with Gasteiger partial charge in [0.25, 0.3) is 5.69 Å². The van der Waals surface area contributed by atoms with Crippen molar-refractivity contribution >= 4 is 28.3 Å². The van der Waals surface area contributed by atoms with Crippen LogP contribution < -0.4 is 5.73 Å². The fourth-order valence-electron chi connectivity index (χ4n) is 4.44. The number of benzene rings is 3. The average Bonchev–Trinajstić information content (AvgIpc) is 3.24. The van der Waals surface area contributed by atoms with Gasteiger partial charge in [-0.1, -0.05) is 54.6 Å². The summed E-state index contributed by atoms with van der Waals surface area (Å²) in [5.41, 5.74) is 9.02. The van der Waals surface area contributed by atoms with Crippen molar-refractivity contribution in [2.24, 2.45) is 5.73 Å². The molecule has 0 unspecified atom stereocenters. The van der Waals surface area contributed by atoms with Crippen molar-refractivity contribution in [2.45, 2.75) is 11.8 Å². The smallest absolute Gasteiger partial charge is 0.269 e. The number of nitro benzene ring substituents is 1. The number of carbonyl (C=O) groups is 1. The van der Waals surface area contributed by atoms with E-state index in [1.807, 2.05) is 30.3 Å². The fourth-order valence-corrected chi connectivity index (χ4v) is 4.44. The van der Waals surface area contributed by atoms with Gasteiger partial charge in [-0.3, -0.25) is 19.5 Å². The third kappa shape index (κ3) is 3.15. The highest BCUT2D eigenvalue weighted by atomic mass is 16.6. The molecule has 4 aromatic rings. The molecule has 2 N–H and O–H groups in total. The first-order valence-corrected chi connectivity index (χ1v) is 10.2. The van der Waals surface area contributed by atoms with E-state index < -0.39 is 16.8 Å². The second-order valence-electron chi connectivity index (χ2n) is 7.74. The first-order chi connectivity index (χ1) is 16.0. The molecule has 160 valence electrons. The van der Waals surface area contributed by atoms with E-state index in [4.69, 9.17) is 10.7 Å². The number of ketones is 1. The molecule has 0 amide bonds. The van der Waals surface area contributed by atoms with Gasteiger partial charge in [0, 0.05) is 23.6 Å². The number of para-hydroxylation sites is 2. The highest BCUT2D eigenvalue weighted by Crippen LogP contribution is 2.46. The van der Waals surface area contributed by atoms with Gasteiger partial charge in [-0.25, -0.2) is 4.98 Å². The van der Waals surface area contributed by atoms with Gasteiger partial charge in [0.2, 0.25) is 0 Å². The van der Waals surface area contributed by atoms with Crippen LogP contribution in [0.1, 0.15) is 33.6 Å². The number of rotatable bonds is 4. The molecule has 0 aliphatic carbocycles. The van der Waals surface area contributed by atoms with Crippen molar-refractivity contribution in [1.29, 1.82) is 5.26 Å². The SMILES string of the molecule is N#CC1=C(N)n2c(nc3ccccc32)[C@@H](C(=O)c2ccccc2)[C@H]1c1ccc([N+](=O)[O-])cc1. The van der Waals surface area contributed by atoms with E-state index >= 15 is 0 Å². The number of imidazole rings is 1. The number of hydrogen-bond acceptors (Lipinski definition) is 6. The van der Waals surface area contributed by atoms with E-state index in [9.17, 15) is 20.2 Å². The Labute approximate surface area is 188 Å². The standard InChI is InChI=1S/C25H17N5O3/c26-14-18-21(15-10-12-17(13-11-15)30(32)33)22(23(31)16-6-2-1-3-7-16)25-28-19-8-4-5-9-20(19)29(25)24(18)27/h1-13,21-22H,27H2/t21-,22+/m0/s1. The highest BCUT2D eigenvalue weighted by molar-refractivity contribution is 6.03. The Balaban J connectivity index is 1.79. The predicted octanol–water partition coefficient (Wildman–Crippen LogP) is 4.36. The molecule has 1 aliphatic rings. The lowest BCUT2D eigenvalue weighted by Gasteiger charge is -2.32. The maximum atomic E-state index is 13.8. The number of nitrogens with zero attached hydrogens (tertiary/aromatic N) is 4. The number of nitrogens with two attached hydrogens (primary N) is 1. The molecule has 0 saturated carbocycles. The van der Waals surface area contributed by atoms with Crippen LogP contribution in [0, 0.1) is 21.4 Å². The lowest BCUT2D eigenvalue weighted by Crippen LogP contribution is -2.32. The maximum Gasteiger partial charge on any atom is 0.269 e. The molecule has 8 heteroatoms. The Kier molecular flexibility index (Phi) is 4.72. The Morgan fingerprint density at radius 1 is 1.03 bits per heavy atom. The van der Waals surface area contributed by atoms with Crippen LogP contribution in [0.3, 0.4) is 0 Å². The summed E-state index contributed by atoms with van der Waals surface area (Å²) in [6, 6.07) is 24.2. The number of aromatic nitrogens is 2. The van der Waals surface area contributed by atoms with E-state index in [0.29, 0.717) is 28.0 Å². The zero-order chi connectivity index (χ0) is 23.1. The van der Waals surface area contributed by atoms with Gasteiger partial charge >= 0.3 is 0 Å². The molecule has 0 bridgehead atoms. The number of hydrogen-bond donors (Lipinski definition) is 1. The van der Waals surface area contributed by atoms with E-state index in [-0.39, 0.29) is 22.9 Å². The number of nitro groups is 1. The molecule has 33 heavy (non-hydrogen) atoms. The van der Waals surface area contributed by atoms with Crippen LogP contribution in [0.2, 0.25) is 0 Å². The zero-order valence-electron chi connectivity index (χ0n) is 17.3. The molecule has 5 rings (SSSR count). The minimum Gasteiger partial charge on any atom is -0.384 e. The molecular weight excluding hydrogens is 418 g/mol. The first kappa shape index (κ1) is 20.2. The highest BCUT2D eigenvalue weighted by Gasteiger charge is 2.43. The minimum atomic E-state index is -0.844. The van der Waals surface area contributed by atoms with Crippen molar-refractivity contribution in [2.75, 3.05) is 0 Å². The fraction of sp³-hybridized carbons (Fsp3) is 0.0800. The number of Topliss-reactive ketones (excluding diaryl/α,β-unsaturated/α-hetero) is 1. The predicted molar refractivity (Wildman–Crippen MR) is 122 cm³/mol. The van der Waals surface area contributed by atoms with Crippen LogP contribution in [0.25, 0.3) is 16.9 Å². The Bertz CT molecular complexity index is 1480. The third-order valence-corrected chi connectivity index (χ3v) is 5.95. The number of fused-ring (bicyclic) bond motifs is 3. The Hall–Kier alpha value is -4.77. The van der Waals surface area contributed by atoms with Crippen molar-refractivity contribution in [1.82, 2.24) is 9.55 Å². The summed E-state index contributed by atoms with van der Waals surface area (Å²) in [6.45, 7) is 0. The summed E-state index contributed by atoms with van der Waals surface area (Å²) in [4.78, 5) is 29.2. The topological polar surface area (TPSA) is 128 Å². The van der Waals surface area contributed by atoms with Crippen molar-refractivity contribution in [3.05, 3.63) is 112 Å². The summed E-state index contributed by atoms with van der Waals surface area (Å²) in [5.74, 6) is -1.17. The molecule has 2 heterocycles. The van der Waals surface area contributed by atoms with Gasteiger partial charge in [0.1, 0.15) is 11.6 Å².